The number of hydrogen-bond acceptors (Lipinski definition) is 5. The van der Waals surface area contributed by atoms with Crippen molar-refractivity contribution in [2.24, 2.45) is 0 Å². The second-order valence-corrected chi connectivity index (χ2v) is 6.26. The quantitative estimate of drug-likeness (QED) is 0.596. The second-order valence-electron chi connectivity index (χ2n) is 5.13. The Morgan fingerprint density at radius 3 is 2.52 bits per heavy atom. The number of carbonyl (C=O) groups is 2. The molecule has 0 spiro atoms. The van der Waals surface area contributed by atoms with Gasteiger partial charge in [0.05, 0.1) is 19.3 Å². The first-order chi connectivity index (χ1) is 12.1. The van der Waals surface area contributed by atoms with Gasteiger partial charge in [-0.05, 0) is 43.2 Å². The Labute approximate surface area is 151 Å². The summed E-state index contributed by atoms with van der Waals surface area (Å²) in [5.74, 6) is 0.0325. The largest absolute Gasteiger partial charge is 0.497 e. The zero-order valence-corrected chi connectivity index (χ0v) is 15.3. The lowest BCUT2D eigenvalue weighted by atomic mass is 10.2. The SMILES string of the molecule is CCOC(=O)c1cc(CC)sc1NC(=O)/C=C/c1ccc(OC)cc1. The van der Waals surface area contributed by atoms with Gasteiger partial charge < -0.3 is 14.8 Å². The molecule has 0 atom stereocenters. The average Bonchev–Trinajstić information content (AvgIpc) is 3.03. The number of thiophene rings is 1. The van der Waals surface area contributed by atoms with Gasteiger partial charge in [-0.1, -0.05) is 19.1 Å². The molecule has 1 amide bonds. The van der Waals surface area contributed by atoms with E-state index in [1.165, 1.54) is 17.4 Å². The van der Waals surface area contributed by atoms with E-state index in [9.17, 15) is 9.59 Å². The van der Waals surface area contributed by atoms with E-state index in [0.29, 0.717) is 17.2 Å². The number of amides is 1. The van der Waals surface area contributed by atoms with Gasteiger partial charge in [-0.15, -0.1) is 11.3 Å². The molecule has 0 radical (unpaired) electrons. The standard InChI is InChI=1S/C19H21NO4S/c1-4-15-12-16(19(22)24-5-2)18(25-15)20-17(21)11-8-13-6-9-14(23-3)10-7-13/h6-12H,4-5H2,1-3H3,(H,20,21)/b11-8+. The van der Waals surface area contributed by atoms with Gasteiger partial charge in [0.2, 0.25) is 5.91 Å². The number of methoxy groups -OCH3 is 1. The zero-order chi connectivity index (χ0) is 18.2. The molecule has 1 N–H and O–H groups in total. The molecule has 0 aliphatic heterocycles. The van der Waals surface area contributed by atoms with E-state index in [2.05, 4.69) is 5.32 Å². The minimum absolute atomic E-state index is 0.293. The van der Waals surface area contributed by atoms with E-state index in [0.717, 1.165) is 22.6 Å². The maximum atomic E-state index is 12.2. The first-order valence-corrected chi connectivity index (χ1v) is 8.82. The molecule has 0 aliphatic rings. The highest BCUT2D eigenvalue weighted by atomic mass is 32.1. The Morgan fingerprint density at radius 1 is 1.20 bits per heavy atom. The molecule has 5 nitrogen and oxygen atoms in total. The third kappa shape index (κ3) is 5.19. The Morgan fingerprint density at radius 2 is 1.92 bits per heavy atom. The Hall–Kier alpha value is -2.60. The van der Waals surface area contributed by atoms with E-state index >= 15 is 0 Å². The highest BCUT2D eigenvalue weighted by Crippen LogP contribution is 2.29. The summed E-state index contributed by atoms with van der Waals surface area (Å²) in [4.78, 5) is 25.2. The molecule has 0 unspecified atom stereocenters. The molecule has 6 heteroatoms. The highest BCUT2D eigenvalue weighted by Gasteiger charge is 2.17. The summed E-state index contributed by atoms with van der Waals surface area (Å²) < 4.78 is 10.1. The van der Waals surface area contributed by atoms with Crippen LogP contribution >= 0.6 is 11.3 Å². The predicted molar refractivity (Wildman–Crippen MR) is 100 cm³/mol. The van der Waals surface area contributed by atoms with E-state index in [-0.39, 0.29) is 5.91 Å². The van der Waals surface area contributed by atoms with E-state index < -0.39 is 5.97 Å². The maximum absolute atomic E-state index is 12.2. The number of rotatable bonds is 7. The minimum Gasteiger partial charge on any atom is -0.497 e. The molecule has 2 aromatic rings. The number of hydrogen-bond donors (Lipinski definition) is 1. The molecule has 132 valence electrons. The van der Waals surface area contributed by atoms with Crippen LogP contribution in [0.5, 0.6) is 5.75 Å². The van der Waals surface area contributed by atoms with Gasteiger partial charge in [0, 0.05) is 11.0 Å². The first kappa shape index (κ1) is 18.7. The Balaban J connectivity index is 2.09. The number of aryl methyl sites for hydroxylation is 1. The lowest BCUT2D eigenvalue weighted by molar-refractivity contribution is -0.111. The molecule has 25 heavy (non-hydrogen) atoms. The van der Waals surface area contributed by atoms with Crippen LogP contribution in [0.1, 0.15) is 34.6 Å². The molecule has 0 fully saturated rings. The van der Waals surface area contributed by atoms with Gasteiger partial charge >= 0.3 is 5.97 Å². The Kier molecular flexibility index (Phi) is 6.77. The normalized spacial score (nSPS) is 10.7. The number of nitrogens with one attached hydrogen (secondary N) is 1. The molecule has 0 saturated carbocycles. The summed E-state index contributed by atoms with van der Waals surface area (Å²) in [6, 6.07) is 9.12. The van der Waals surface area contributed by atoms with E-state index in [1.54, 1.807) is 26.2 Å². The number of ether oxygens (including phenoxy) is 2. The first-order valence-electron chi connectivity index (χ1n) is 8.00. The number of carbonyl (C=O) groups excluding carboxylic acids is 2. The fourth-order valence-corrected chi connectivity index (χ4v) is 3.10. The van der Waals surface area contributed by atoms with Crippen LogP contribution in [0.25, 0.3) is 6.08 Å². The topological polar surface area (TPSA) is 64.6 Å². The molecule has 2 rings (SSSR count). The van der Waals surface area contributed by atoms with Crippen LogP contribution in [0.4, 0.5) is 5.00 Å². The summed E-state index contributed by atoms with van der Waals surface area (Å²) in [5.41, 5.74) is 1.27. The van der Waals surface area contributed by atoms with Crippen LogP contribution in [0.15, 0.2) is 36.4 Å². The molecule has 1 aromatic carbocycles. The molecule has 1 heterocycles. The van der Waals surface area contributed by atoms with Crippen molar-refractivity contribution in [2.75, 3.05) is 19.0 Å². The molecular formula is C19H21NO4S. The molecule has 0 bridgehead atoms. The van der Waals surface area contributed by atoms with E-state index in [1.807, 2.05) is 31.2 Å². The van der Waals surface area contributed by atoms with Crippen molar-refractivity contribution in [3.8, 4) is 5.75 Å². The molecule has 0 aliphatic carbocycles. The Bertz CT molecular complexity index is 762. The van der Waals surface area contributed by atoms with Crippen LogP contribution in [0.2, 0.25) is 0 Å². The van der Waals surface area contributed by atoms with Crippen LogP contribution in [-0.4, -0.2) is 25.6 Å². The van der Waals surface area contributed by atoms with Crippen molar-refractivity contribution in [1.29, 1.82) is 0 Å². The lowest BCUT2D eigenvalue weighted by Crippen LogP contribution is -2.11. The number of anilines is 1. The van der Waals surface area contributed by atoms with Crippen molar-refractivity contribution in [3.05, 3.63) is 52.4 Å². The van der Waals surface area contributed by atoms with Crippen molar-refractivity contribution in [1.82, 2.24) is 0 Å². The van der Waals surface area contributed by atoms with Gasteiger partial charge in [-0.2, -0.15) is 0 Å². The lowest BCUT2D eigenvalue weighted by Gasteiger charge is -2.04. The zero-order valence-electron chi connectivity index (χ0n) is 14.5. The van der Waals surface area contributed by atoms with Crippen LogP contribution in [0, 0.1) is 0 Å². The smallest absolute Gasteiger partial charge is 0.341 e. The van der Waals surface area contributed by atoms with Crippen molar-refractivity contribution >= 4 is 34.3 Å². The van der Waals surface area contributed by atoms with Crippen molar-refractivity contribution in [2.45, 2.75) is 20.3 Å². The van der Waals surface area contributed by atoms with Crippen molar-refractivity contribution in [3.63, 3.8) is 0 Å². The van der Waals surface area contributed by atoms with Gasteiger partial charge in [0.15, 0.2) is 0 Å². The third-order valence-electron chi connectivity index (χ3n) is 3.41. The highest BCUT2D eigenvalue weighted by molar-refractivity contribution is 7.16. The predicted octanol–water partition coefficient (Wildman–Crippen LogP) is 4.15. The van der Waals surface area contributed by atoms with Crippen molar-refractivity contribution < 1.29 is 19.1 Å². The number of esters is 1. The third-order valence-corrected chi connectivity index (χ3v) is 4.60. The summed E-state index contributed by atoms with van der Waals surface area (Å²) in [6.07, 6.45) is 3.92. The second kappa shape index (κ2) is 9.03. The fourth-order valence-electron chi connectivity index (χ4n) is 2.11. The fraction of sp³-hybridized carbons (Fsp3) is 0.263. The summed E-state index contributed by atoms with van der Waals surface area (Å²) in [5, 5.41) is 3.28. The van der Waals surface area contributed by atoms with Gasteiger partial charge in [0.1, 0.15) is 10.8 Å². The van der Waals surface area contributed by atoms with Crippen LogP contribution in [-0.2, 0) is 16.0 Å². The van der Waals surface area contributed by atoms with E-state index in [4.69, 9.17) is 9.47 Å². The summed E-state index contributed by atoms with van der Waals surface area (Å²) >= 11 is 1.39. The van der Waals surface area contributed by atoms with Gasteiger partial charge in [-0.25, -0.2) is 4.79 Å². The monoisotopic (exact) mass is 359 g/mol. The maximum Gasteiger partial charge on any atom is 0.341 e. The number of benzene rings is 1. The molecular weight excluding hydrogens is 338 g/mol. The van der Waals surface area contributed by atoms with Gasteiger partial charge in [-0.3, -0.25) is 4.79 Å². The minimum atomic E-state index is -0.423. The average molecular weight is 359 g/mol. The van der Waals surface area contributed by atoms with Crippen LogP contribution in [0.3, 0.4) is 0 Å². The summed E-state index contributed by atoms with van der Waals surface area (Å²) in [6.45, 7) is 4.04. The molecule has 0 saturated heterocycles. The summed E-state index contributed by atoms with van der Waals surface area (Å²) in [7, 11) is 1.60. The van der Waals surface area contributed by atoms with Gasteiger partial charge in [0.25, 0.3) is 0 Å². The van der Waals surface area contributed by atoms with Crippen LogP contribution < -0.4 is 10.1 Å². The molecule has 1 aromatic heterocycles.